The molecule has 2 rings (SSSR count). The van der Waals surface area contributed by atoms with E-state index in [2.05, 4.69) is 6.07 Å². The van der Waals surface area contributed by atoms with Crippen LogP contribution in [0.25, 0.3) is 0 Å². The Balaban J connectivity index is 2.27. The molecule has 1 aliphatic carbocycles. The highest BCUT2D eigenvalue weighted by Gasteiger charge is 2.32. The summed E-state index contributed by atoms with van der Waals surface area (Å²) in [5.74, 6) is -0.0930. The van der Waals surface area contributed by atoms with Gasteiger partial charge in [-0.2, -0.15) is 0 Å². The van der Waals surface area contributed by atoms with Crippen molar-refractivity contribution in [1.82, 2.24) is 4.90 Å². The van der Waals surface area contributed by atoms with Crippen molar-refractivity contribution < 1.29 is 4.39 Å². The summed E-state index contributed by atoms with van der Waals surface area (Å²) < 4.78 is 14.2. The molecule has 3 heteroatoms. The van der Waals surface area contributed by atoms with E-state index in [1.54, 1.807) is 6.07 Å². The van der Waals surface area contributed by atoms with E-state index in [0.29, 0.717) is 13.1 Å². The lowest BCUT2D eigenvalue weighted by molar-refractivity contribution is 0.299. The SMILES string of the molecule is CN(C)Cc1ccc(C2(CN)CCCCC2)cc1F. The number of benzene rings is 1. The molecule has 106 valence electrons. The van der Waals surface area contributed by atoms with E-state index in [1.165, 1.54) is 19.3 Å². The molecule has 0 radical (unpaired) electrons. The number of hydrogen-bond acceptors (Lipinski definition) is 2. The largest absolute Gasteiger partial charge is 0.330 e. The second-order valence-electron chi connectivity index (χ2n) is 6.09. The molecule has 1 saturated carbocycles. The van der Waals surface area contributed by atoms with Gasteiger partial charge in [-0.25, -0.2) is 4.39 Å². The van der Waals surface area contributed by atoms with Crippen molar-refractivity contribution in [2.24, 2.45) is 5.73 Å². The lowest BCUT2D eigenvalue weighted by atomic mass is 9.69. The molecule has 0 amide bonds. The molecule has 1 aromatic carbocycles. The van der Waals surface area contributed by atoms with E-state index < -0.39 is 0 Å². The van der Waals surface area contributed by atoms with Crippen LogP contribution in [-0.4, -0.2) is 25.5 Å². The zero-order valence-corrected chi connectivity index (χ0v) is 12.1. The van der Waals surface area contributed by atoms with Crippen LogP contribution in [-0.2, 0) is 12.0 Å². The Morgan fingerprint density at radius 3 is 2.42 bits per heavy atom. The average Bonchev–Trinajstić information content (AvgIpc) is 2.41. The standard InChI is InChI=1S/C16H25FN2/c1-19(2)11-13-6-7-14(10-15(13)17)16(12-18)8-4-3-5-9-16/h6-7,10H,3-5,8-9,11-12,18H2,1-2H3. The molecule has 1 aliphatic rings. The number of rotatable bonds is 4. The molecule has 0 aromatic heterocycles. The Labute approximate surface area is 115 Å². The van der Waals surface area contributed by atoms with E-state index in [0.717, 1.165) is 24.0 Å². The van der Waals surface area contributed by atoms with Crippen LogP contribution in [0.1, 0.15) is 43.2 Å². The second-order valence-corrected chi connectivity index (χ2v) is 6.09. The van der Waals surface area contributed by atoms with Gasteiger partial charge < -0.3 is 10.6 Å². The first-order valence-corrected chi connectivity index (χ1v) is 7.21. The highest BCUT2D eigenvalue weighted by molar-refractivity contribution is 5.31. The molecule has 0 unspecified atom stereocenters. The first-order valence-electron chi connectivity index (χ1n) is 7.21. The summed E-state index contributed by atoms with van der Waals surface area (Å²) >= 11 is 0. The van der Waals surface area contributed by atoms with Gasteiger partial charge in [0.2, 0.25) is 0 Å². The van der Waals surface area contributed by atoms with Gasteiger partial charge in [-0.3, -0.25) is 0 Å². The smallest absolute Gasteiger partial charge is 0.127 e. The van der Waals surface area contributed by atoms with Crippen molar-refractivity contribution in [3.05, 3.63) is 35.1 Å². The minimum Gasteiger partial charge on any atom is -0.330 e. The van der Waals surface area contributed by atoms with Crippen LogP contribution in [0.4, 0.5) is 4.39 Å². The van der Waals surface area contributed by atoms with Gasteiger partial charge in [0.1, 0.15) is 5.82 Å². The molecule has 2 nitrogen and oxygen atoms in total. The monoisotopic (exact) mass is 264 g/mol. The fraction of sp³-hybridized carbons (Fsp3) is 0.625. The maximum Gasteiger partial charge on any atom is 0.127 e. The van der Waals surface area contributed by atoms with Crippen molar-refractivity contribution in [2.75, 3.05) is 20.6 Å². The molecule has 19 heavy (non-hydrogen) atoms. The van der Waals surface area contributed by atoms with Crippen molar-refractivity contribution >= 4 is 0 Å². The lowest BCUT2D eigenvalue weighted by Crippen LogP contribution is -2.37. The fourth-order valence-corrected chi connectivity index (χ4v) is 3.19. The predicted molar refractivity (Wildman–Crippen MR) is 77.6 cm³/mol. The molecule has 0 heterocycles. The summed E-state index contributed by atoms with van der Waals surface area (Å²) in [6.45, 7) is 1.27. The molecule has 0 atom stereocenters. The third-order valence-electron chi connectivity index (χ3n) is 4.35. The van der Waals surface area contributed by atoms with Gasteiger partial charge in [-0.1, -0.05) is 31.4 Å². The van der Waals surface area contributed by atoms with Crippen LogP contribution in [0.3, 0.4) is 0 Å². The molecular formula is C16H25FN2. The summed E-state index contributed by atoms with van der Waals surface area (Å²) in [5, 5.41) is 0. The van der Waals surface area contributed by atoms with Crippen LogP contribution in [0.2, 0.25) is 0 Å². The third-order valence-corrected chi connectivity index (χ3v) is 4.35. The van der Waals surface area contributed by atoms with Crippen molar-refractivity contribution in [3.8, 4) is 0 Å². The summed E-state index contributed by atoms with van der Waals surface area (Å²) in [6, 6.07) is 5.73. The van der Waals surface area contributed by atoms with Crippen LogP contribution in [0, 0.1) is 5.82 Å². The molecule has 0 spiro atoms. The molecule has 1 fully saturated rings. The van der Waals surface area contributed by atoms with Crippen molar-refractivity contribution in [2.45, 2.75) is 44.1 Å². The zero-order chi connectivity index (χ0) is 13.9. The molecule has 0 aliphatic heterocycles. The second kappa shape index (κ2) is 6.02. The van der Waals surface area contributed by atoms with E-state index in [-0.39, 0.29) is 11.2 Å². The Bertz CT molecular complexity index is 423. The van der Waals surface area contributed by atoms with Gasteiger partial charge in [0.25, 0.3) is 0 Å². The van der Waals surface area contributed by atoms with E-state index in [4.69, 9.17) is 5.73 Å². The Morgan fingerprint density at radius 2 is 1.89 bits per heavy atom. The molecule has 0 saturated heterocycles. The highest BCUT2D eigenvalue weighted by atomic mass is 19.1. The summed E-state index contributed by atoms with van der Waals surface area (Å²) in [4.78, 5) is 1.98. The van der Waals surface area contributed by atoms with Gasteiger partial charge in [-0.15, -0.1) is 0 Å². The third kappa shape index (κ3) is 3.15. The van der Waals surface area contributed by atoms with Crippen LogP contribution >= 0.6 is 0 Å². The number of halogens is 1. The van der Waals surface area contributed by atoms with Crippen LogP contribution < -0.4 is 5.73 Å². The predicted octanol–water partition coefficient (Wildman–Crippen LogP) is 3.05. The summed E-state index contributed by atoms with van der Waals surface area (Å²) in [5.41, 5.74) is 7.87. The Morgan fingerprint density at radius 1 is 1.21 bits per heavy atom. The summed E-state index contributed by atoms with van der Waals surface area (Å²) in [6.07, 6.45) is 5.88. The first kappa shape index (κ1) is 14.5. The molecule has 1 aromatic rings. The minimum absolute atomic E-state index is 0.00966. The Kier molecular flexibility index (Phi) is 4.58. The van der Waals surface area contributed by atoms with Gasteiger partial charge in [0, 0.05) is 24.1 Å². The van der Waals surface area contributed by atoms with Crippen LogP contribution in [0.15, 0.2) is 18.2 Å². The number of nitrogens with zero attached hydrogens (tertiary/aromatic N) is 1. The molecule has 2 N–H and O–H groups in total. The lowest BCUT2D eigenvalue weighted by Gasteiger charge is -2.37. The van der Waals surface area contributed by atoms with E-state index in [9.17, 15) is 4.39 Å². The highest BCUT2D eigenvalue weighted by Crippen LogP contribution is 2.39. The van der Waals surface area contributed by atoms with Gasteiger partial charge >= 0.3 is 0 Å². The zero-order valence-electron chi connectivity index (χ0n) is 12.1. The van der Waals surface area contributed by atoms with E-state index in [1.807, 2.05) is 25.1 Å². The quantitative estimate of drug-likeness (QED) is 0.905. The average molecular weight is 264 g/mol. The fourth-order valence-electron chi connectivity index (χ4n) is 3.19. The van der Waals surface area contributed by atoms with Crippen molar-refractivity contribution in [3.63, 3.8) is 0 Å². The topological polar surface area (TPSA) is 29.3 Å². The van der Waals surface area contributed by atoms with Gasteiger partial charge in [0.15, 0.2) is 0 Å². The minimum atomic E-state index is -0.0930. The number of nitrogens with two attached hydrogens (primary N) is 1. The maximum absolute atomic E-state index is 14.2. The molecular weight excluding hydrogens is 239 g/mol. The number of hydrogen-bond donors (Lipinski definition) is 1. The van der Waals surface area contributed by atoms with Crippen LogP contribution in [0.5, 0.6) is 0 Å². The molecule has 0 bridgehead atoms. The van der Waals surface area contributed by atoms with E-state index >= 15 is 0 Å². The maximum atomic E-state index is 14.2. The first-order chi connectivity index (χ1) is 9.07. The van der Waals surface area contributed by atoms with Gasteiger partial charge in [0.05, 0.1) is 0 Å². The normalized spacial score (nSPS) is 18.8. The summed E-state index contributed by atoms with van der Waals surface area (Å²) in [7, 11) is 3.91. The Hall–Kier alpha value is -0.930. The van der Waals surface area contributed by atoms with Crippen molar-refractivity contribution in [1.29, 1.82) is 0 Å². The van der Waals surface area contributed by atoms with Gasteiger partial charge in [-0.05, 0) is 38.6 Å².